The first kappa shape index (κ1) is 12.5. The Labute approximate surface area is 96.0 Å². The summed E-state index contributed by atoms with van der Waals surface area (Å²) >= 11 is 0. The third-order valence-corrected chi connectivity index (χ3v) is 2.44. The van der Waals surface area contributed by atoms with E-state index < -0.39 is 0 Å². The zero-order chi connectivity index (χ0) is 12.1. The van der Waals surface area contributed by atoms with Gasteiger partial charge in [-0.25, -0.2) is 0 Å². The van der Waals surface area contributed by atoms with Gasteiger partial charge in [0, 0.05) is 26.6 Å². The SMILES string of the molecule is COc1ccc(C(N)CC(=O)N(C)C)cc1. The van der Waals surface area contributed by atoms with E-state index in [0.717, 1.165) is 11.3 Å². The predicted octanol–water partition coefficient (Wildman–Crippen LogP) is 1.17. The van der Waals surface area contributed by atoms with Gasteiger partial charge in [-0.3, -0.25) is 4.79 Å². The Hall–Kier alpha value is -1.55. The molecule has 0 aliphatic rings. The third-order valence-electron chi connectivity index (χ3n) is 2.44. The number of carbonyl (C=O) groups excluding carboxylic acids is 1. The van der Waals surface area contributed by atoms with E-state index >= 15 is 0 Å². The fourth-order valence-corrected chi connectivity index (χ4v) is 1.34. The van der Waals surface area contributed by atoms with Gasteiger partial charge in [0.2, 0.25) is 5.91 Å². The molecule has 16 heavy (non-hydrogen) atoms. The number of hydrogen-bond donors (Lipinski definition) is 1. The molecule has 1 aromatic rings. The van der Waals surface area contributed by atoms with Crippen molar-refractivity contribution in [3.8, 4) is 5.75 Å². The average molecular weight is 222 g/mol. The van der Waals surface area contributed by atoms with Crippen molar-refractivity contribution in [1.29, 1.82) is 0 Å². The molecule has 0 aromatic heterocycles. The van der Waals surface area contributed by atoms with Gasteiger partial charge in [0.1, 0.15) is 5.75 Å². The van der Waals surface area contributed by atoms with Gasteiger partial charge >= 0.3 is 0 Å². The lowest BCUT2D eigenvalue weighted by Gasteiger charge is -2.15. The van der Waals surface area contributed by atoms with Crippen molar-refractivity contribution < 1.29 is 9.53 Å². The zero-order valence-electron chi connectivity index (χ0n) is 9.93. The number of carbonyl (C=O) groups is 1. The van der Waals surface area contributed by atoms with E-state index in [-0.39, 0.29) is 11.9 Å². The molecule has 1 amide bonds. The molecular formula is C12H18N2O2. The Bertz CT molecular complexity index is 347. The second-order valence-corrected chi connectivity index (χ2v) is 3.87. The van der Waals surface area contributed by atoms with Gasteiger partial charge < -0.3 is 15.4 Å². The minimum absolute atomic E-state index is 0.0309. The van der Waals surface area contributed by atoms with Crippen molar-refractivity contribution in [2.24, 2.45) is 5.73 Å². The van der Waals surface area contributed by atoms with E-state index in [1.165, 1.54) is 0 Å². The number of ether oxygens (including phenoxy) is 1. The van der Waals surface area contributed by atoms with E-state index in [2.05, 4.69) is 0 Å². The van der Waals surface area contributed by atoms with E-state index in [4.69, 9.17) is 10.5 Å². The Morgan fingerprint density at radius 2 is 1.94 bits per heavy atom. The molecule has 1 atom stereocenters. The van der Waals surface area contributed by atoms with E-state index in [1.807, 2.05) is 24.3 Å². The Morgan fingerprint density at radius 3 is 2.38 bits per heavy atom. The molecule has 0 aliphatic carbocycles. The normalized spacial score (nSPS) is 12.0. The summed E-state index contributed by atoms with van der Waals surface area (Å²) in [5, 5.41) is 0. The van der Waals surface area contributed by atoms with Crippen LogP contribution in [0.1, 0.15) is 18.0 Å². The average Bonchev–Trinajstić information content (AvgIpc) is 2.28. The van der Waals surface area contributed by atoms with Gasteiger partial charge in [-0.1, -0.05) is 12.1 Å². The standard InChI is InChI=1S/C12H18N2O2/c1-14(2)12(15)8-11(13)9-4-6-10(16-3)7-5-9/h4-7,11H,8,13H2,1-3H3. The van der Waals surface area contributed by atoms with Crippen molar-refractivity contribution in [2.45, 2.75) is 12.5 Å². The van der Waals surface area contributed by atoms with Crippen molar-refractivity contribution in [3.05, 3.63) is 29.8 Å². The summed E-state index contributed by atoms with van der Waals surface area (Å²) < 4.78 is 5.05. The second-order valence-electron chi connectivity index (χ2n) is 3.87. The number of benzene rings is 1. The number of nitrogens with zero attached hydrogens (tertiary/aromatic N) is 1. The molecule has 0 bridgehead atoms. The zero-order valence-corrected chi connectivity index (χ0v) is 9.93. The quantitative estimate of drug-likeness (QED) is 0.832. The Kier molecular flexibility index (Phi) is 4.31. The van der Waals surface area contributed by atoms with Crippen LogP contribution in [0.15, 0.2) is 24.3 Å². The molecule has 0 radical (unpaired) electrons. The highest BCUT2D eigenvalue weighted by Gasteiger charge is 2.12. The van der Waals surface area contributed by atoms with Crippen LogP contribution in [0, 0.1) is 0 Å². The summed E-state index contributed by atoms with van der Waals surface area (Å²) in [5.74, 6) is 0.818. The van der Waals surface area contributed by atoms with Crippen LogP contribution in [0.4, 0.5) is 0 Å². The van der Waals surface area contributed by atoms with Gasteiger partial charge in [0.15, 0.2) is 0 Å². The highest BCUT2D eigenvalue weighted by Crippen LogP contribution is 2.18. The molecule has 0 heterocycles. The van der Waals surface area contributed by atoms with Gasteiger partial charge in [0.05, 0.1) is 7.11 Å². The maximum absolute atomic E-state index is 11.5. The van der Waals surface area contributed by atoms with E-state index in [0.29, 0.717) is 6.42 Å². The maximum Gasteiger partial charge on any atom is 0.223 e. The van der Waals surface area contributed by atoms with Crippen LogP contribution < -0.4 is 10.5 Å². The molecule has 1 unspecified atom stereocenters. The van der Waals surface area contributed by atoms with Gasteiger partial charge in [-0.05, 0) is 17.7 Å². The topological polar surface area (TPSA) is 55.6 Å². The number of hydrogen-bond acceptors (Lipinski definition) is 3. The number of rotatable bonds is 4. The highest BCUT2D eigenvalue weighted by molar-refractivity contribution is 5.76. The van der Waals surface area contributed by atoms with Crippen molar-refractivity contribution in [3.63, 3.8) is 0 Å². The fraction of sp³-hybridized carbons (Fsp3) is 0.417. The lowest BCUT2D eigenvalue weighted by Crippen LogP contribution is -2.26. The summed E-state index contributed by atoms with van der Waals surface area (Å²) in [6, 6.07) is 7.18. The summed E-state index contributed by atoms with van der Waals surface area (Å²) in [7, 11) is 5.07. The molecule has 0 aliphatic heterocycles. The van der Waals surface area contributed by atoms with E-state index in [9.17, 15) is 4.79 Å². The molecule has 88 valence electrons. The summed E-state index contributed by atoms with van der Waals surface area (Å²) in [5.41, 5.74) is 6.88. The minimum Gasteiger partial charge on any atom is -0.497 e. The minimum atomic E-state index is -0.263. The van der Waals surface area contributed by atoms with Crippen LogP contribution in [-0.4, -0.2) is 32.0 Å². The largest absolute Gasteiger partial charge is 0.497 e. The maximum atomic E-state index is 11.5. The Morgan fingerprint density at radius 1 is 1.38 bits per heavy atom. The molecule has 0 saturated carbocycles. The van der Waals surface area contributed by atoms with Crippen LogP contribution in [0.3, 0.4) is 0 Å². The first-order chi connectivity index (χ1) is 7.54. The molecule has 2 N–H and O–H groups in total. The van der Waals surface area contributed by atoms with Crippen LogP contribution in [-0.2, 0) is 4.79 Å². The summed E-state index contributed by atoms with van der Waals surface area (Å²) in [4.78, 5) is 13.0. The fourth-order valence-electron chi connectivity index (χ4n) is 1.34. The molecule has 1 aromatic carbocycles. The van der Waals surface area contributed by atoms with Crippen LogP contribution in [0.2, 0.25) is 0 Å². The van der Waals surface area contributed by atoms with Crippen LogP contribution >= 0.6 is 0 Å². The number of nitrogens with two attached hydrogens (primary N) is 1. The first-order valence-corrected chi connectivity index (χ1v) is 5.14. The predicted molar refractivity (Wildman–Crippen MR) is 63.2 cm³/mol. The molecule has 0 saturated heterocycles. The molecule has 4 heteroatoms. The first-order valence-electron chi connectivity index (χ1n) is 5.14. The molecule has 0 fully saturated rings. The Balaban J connectivity index is 2.65. The second kappa shape index (κ2) is 5.51. The monoisotopic (exact) mass is 222 g/mol. The van der Waals surface area contributed by atoms with Crippen molar-refractivity contribution in [1.82, 2.24) is 4.90 Å². The van der Waals surface area contributed by atoms with E-state index in [1.54, 1.807) is 26.1 Å². The number of methoxy groups -OCH3 is 1. The van der Waals surface area contributed by atoms with Crippen molar-refractivity contribution >= 4 is 5.91 Å². The molecule has 1 rings (SSSR count). The van der Waals surface area contributed by atoms with Gasteiger partial charge in [0.25, 0.3) is 0 Å². The van der Waals surface area contributed by atoms with Crippen molar-refractivity contribution in [2.75, 3.05) is 21.2 Å². The molecular weight excluding hydrogens is 204 g/mol. The smallest absolute Gasteiger partial charge is 0.223 e. The molecule has 0 spiro atoms. The number of amides is 1. The van der Waals surface area contributed by atoms with Crippen LogP contribution in [0.5, 0.6) is 5.75 Å². The van der Waals surface area contributed by atoms with Gasteiger partial charge in [-0.15, -0.1) is 0 Å². The summed E-state index contributed by atoms with van der Waals surface area (Å²) in [6.07, 6.45) is 0.319. The third kappa shape index (κ3) is 3.24. The lowest BCUT2D eigenvalue weighted by molar-refractivity contribution is -0.129. The molecule has 4 nitrogen and oxygen atoms in total. The highest BCUT2D eigenvalue weighted by atomic mass is 16.5. The summed E-state index contributed by atoms with van der Waals surface area (Å²) in [6.45, 7) is 0. The van der Waals surface area contributed by atoms with Crippen LogP contribution in [0.25, 0.3) is 0 Å². The van der Waals surface area contributed by atoms with Gasteiger partial charge in [-0.2, -0.15) is 0 Å². The lowest BCUT2D eigenvalue weighted by atomic mass is 10.0.